The molecular formula is C30H52N6O4S2. The highest BCUT2D eigenvalue weighted by Crippen LogP contribution is 2.27. The van der Waals surface area contributed by atoms with Crippen LogP contribution in [-0.2, 0) is 20.0 Å². The number of nitriles is 4. The minimum absolute atomic E-state index is 0.00176. The van der Waals surface area contributed by atoms with Crippen LogP contribution in [0.3, 0.4) is 0 Å². The summed E-state index contributed by atoms with van der Waals surface area (Å²) in [5, 5.41) is 35.6. The largest absolute Gasteiger partial charge is 0.232 e. The lowest BCUT2D eigenvalue weighted by Crippen LogP contribution is -2.49. The molecule has 0 aliphatic carbocycles. The molecule has 10 nitrogen and oxygen atoms in total. The van der Waals surface area contributed by atoms with Gasteiger partial charge in [0.25, 0.3) is 0 Å². The fraction of sp³-hybridized carbons (Fsp3) is 0.867. The summed E-state index contributed by atoms with van der Waals surface area (Å²) in [6.07, 6.45) is 11.6. The van der Waals surface area contributed by atoms with Crippen LogP contribution in [0.5, 0.6) is 0 Å². The Morgan fingerprint density at radius 3 is 1.10 bits per heavy atom. The summed E-state index contributed by atoms with van der Waals surface area (Å²) in [7, 11) is -8.56. The number of hydrogen-bond acceptors (Lipinski definition) is 8. The highest BCUT2D eigenvalue weighted by molar-refractivity contribution is 8.07. The second-order valence-corrected chi connectivity index (χ2v) is 15.2. The van der Waals surface area contributed by atoms with Crippen molar-refractivity contribution in [3.63, 3.8) is 0 Å². The molecule has 0 aromatic rings. The summed E-state index contributed by atoms with van der Waals surface area (Å²) in [4.78, 5) is 0. The molecule has 0 fully saturated rings. The van der Waals surface area contributed by atoms with Crippen LogP contribution >= 0.6 is 0 Å². The van der Waals surface area contributed by atoms with E-state index in [0.29, 0.717) is 83.5 Å². The lowest BCUT2D eigenvalue weighted by molar-refractivity contribution is 0.374. The first-order chi connectivity index (χ1) is 20.2. The Hall–Kier alpha value is -2.22. The molecule has 0 heterocycles. The summed E-state index contributed by atoms with van der Waals surface area (Å²) in [6, 6.07) is 8.26. The smallest absolute Gasteiger partial charge is 0.211 e. The van der Waals surface area contributed by atoms with Gasteiger partial charge in [-0.3, -0.25) is 0 Å². The van der Waals surface area contributed by atoms with E-state index < -0.39 is 24.6 Å². The molecule has 0 rings (SSSR count). The highest BCUT2D eigenvalue weighted by Gasteiger charge is 2.43. The molecule has 0 aromatic carbocycles. The summed E-state index contributed by atoms with van der Waals surface area (Å²) in [5.74, 6) is 0. The van der Waals surface area contributed by atoms with Crippen LogP contribution < -0.4 is 0 Å². The molecule has 12 heteroatoms. The van der Waals surface area contributed by atoms with Crippen molar-refractivity contribution in [1.29, 1.82) is 21.0 Å². The first kappa shape index (κ1) is 39.8. The molecule has 0 amide bonds. The van der Waals surface area contributed by atoms with Gasteiger partial charge in [0, 0.05) is 51.9 Å². The maximum Gasteiger partial charge on any atom is 0.232 e. The third-order valence-electron chi connectivity index (χ3n) is 7.21. The van der Waals surface area contributed by atoms with Gasteiger partial charge >= 0.3 is 0 Å². The molecule has 0 aliphatic heterocycles. The number of rotatable bonds is 28. The van der Waals surface area contributed by atoms with Crippen molar-refractivity contribution >= 4 is 20.0 Å². The zero-order chi connectivity index (χ0) is 31.5. The Balaban J connectivity index is 6.18. The number of hydrogen-bond donors (Lipinski definition) is 0. The summed E-state index contributed by atoms with van der Waals surface area (Å²) in [6.45, 7) is 2.65. The van der Waals surface area contributed by atoms with Crippen LogP contribution in [0.25, 0.3) is 0 Å². The number of unbranched alkanes of at least 4 members (excludes halogenated alkanes) is 14. The molecule has 0 spiro atoms. The van der Waals surface area contributed by atoms with Gasteiger partial charge in [-0.2, -0.15) is 21.0 Å². The van der Waals surface area contributed by atoms with E-state index in [1.807, 2.05) is 0 Å². The van der Waals surface area contributed by atoms with Crippen molar-refractivity contribution in [1.82, 2.24) is 8.61 Å². The Morgan fingerprint density at radius 2 is 0.786 bits per heavy atom. The van der Waals surface area contributed by atoms with Gasteiger partial charge in [-0.15, -0.1) is 0 Å². The zero-order valence-electron chi connectivity index (χ0n) is 25.7. The fourth-order valence-electron chi connectivity index (χ4n) is 4.75. The summed E-state index contributed by atoms with van der Waals surface area (Å²) >= 11 is 0. The summed E-state index contributed by atoms with van der Waals surface area (Å²) < 4.78 is 57.6. The van der Waals surface area contributed by atoms with E-state index in [-0.39, 0.29) is 32.6 Å². The average Bonchev–Trinajstić information content (AvgIpc) is 2.96. The summed E-state index contributed by atoms with van der Waals surface area (Å²) in [5.41, 5.74) is 0. The Kier molecular flexibility index (Phi) is 24.0. The second kappa shape index (κ2) is 25.3. The standard InChI is InChI=1S/C30H52N6O4S2/c1-2-3-4-5-6-7-12-21-30(41(37,38)35(26-17-8-13-22-31)27-18-9-14-23-32)42(39,40)36(28-19-10-15-24-33)29-20-11-16-25-34/h30H,2-21,26-29H2,1H3. The van der Waals surface area contributed by atoms with Gasteiger partial charge in [0.15, 0.2) is 4.58 Å². The highest BCUT2D eigenvalue weighted by atomic mass is 32.3. The van der Waals surface area contributed by atoms with Gasteiger partial charge in [0.2, 0.25) is 20.0 Å². The zero-order valence-corrected chi connectivity index (χ0v) is 27.3. The molecule has 0 bridgehead atoms. The molecule has 0 aromatic heterocycles. The minimum Gasteiger partial charge on any atom is -0.211 e. The molecule has 0 radical (unpaired) electrons. The van der Waals surface area contributed by atoms with Crippen molar-refractivity contribution in [2.75, 3.05) is 26.2 Å². The third-order valence-corrected chi connectivity index (χ3v) is 12.6. The van der Waals surface area contributed by atoms with E-state index in [4.69, 9.17) is 21.0 Å². The quantitative estimate of drug-likeness (QED) is 0.0889. The topological polar surface area (TPSA) is 170 Å². The lowest BCUT2D eigenvalue weighted by atomic mass is 10.1. The molecule has 0 N–H and O–H groups in total. The third kappa shape index (κ3) is 17.0. The average molecular weight is 625 g/mol. The van der Waals surface area contributed by atoms with Crippen molar-refractivity contribution in [3.05, 3.63) is 0 Å². The molecule has 0 saturated carbocycles. The molecule has 0 atom stereocenters. The van der Waals surface area contributed by atoms with E-state index in [2.05, 4.69) is 31.2 Å². The van der Waals surface area contributed by atoms with Crippen LogP contribution in [0.15, 0.2) is 0 Å². The van der Waals surface area contributed by atoms with Gasteiger partial charge < -0.3 is 0 Å². The SMILES string of the molecule is CCCCCCCCCC(S(=O)(=O)N(CCCCC#N)CCCCC#N)S(=O)(=O)N(CCCCC#N)CCCCC#N. The van der Waals surface area contributed by atoms with Crippen molar-refractivity contribution in [3.8, 4) is 24.3 Å². The second-order valence-electron chi connectivity index (χ2n) is 10.7. The predicted molar refractivity (Wildman–Crippen MR) is 165 cm³/mol. The minimum atomic E-state index is -4.28. The monoisotopic (exact) mass is 624 g/mol. The van der Waals surface area contributed by atoms with Gasteiger partial charge in [0.05, 0.1) is 24.3 Å². The van der Waals surface area contributed by atoms with E-state index in [1.165, 1.54) is 8.61 Å². The number of nitrogens with zero attached hydrogens (tertiary/aromatic N) is 6. The van der Waals surface area contributed by atoms with Crippen molar-refractivity contribution in [2.45, 2.75) is 140 Å². The van der Waals surface area contributed by atoms with Crippen LogP contribution in [0, 0.1) is 45.3 Å². The Morgan fingerprint density at radius 1 is 0.476 bits per heavy atom. The van der Waals surface area contributed by atoms with Crippen molar-refractivity contribution < 1.29 is 16.8 Å². The van der Waals surface area contributed by atoms with Gasteiger partial charge in [-0.25, -0.2) is 25.4 Å². The predicted octanol–water partition coefficient (Wildman–Crippen LogP) is 6.49. The fourth-order valence-corrected chi connectivity index (χ4v) is 9.84. The normalized spacial score (nSPS) is 11.8. The Labute approximate surface area is 256 Å². The van der Waals surface area contributed by atoms with Gasteiger partial charge in [-0.05, 0) is 57.8 Å². The maximum absolute atomic E-state index is 14.2. The van der Waals surface area contributed by atoms with E-state index in [1.54, 1.807) is 0 Å². The molecule has 238 valence electrons. The Bertz CT molecular complexity index is 963. The van der Waals surface area contributed by atoms with Crippen molar-refractivity contribution in [2.24, 2.45) is 0 Å². The van der Waals surface area contributed by atoms with Gasteiger partial charge in [0.1, 0.15) is 0 Å². The maximum atomic E-state index is 14.2. The van der Waals surface area contributed by atoms with E-state index >= 15 is 0 Å². The van der Waals surface area contributed by atoms with E-state index in [9.17, 15) is 16.8 Å². The lowest BCUT2D eigenvalue weighted by Gasteiger charge is -2.32. The van der Waals surface area contributed by atoms with Crippen LogP contribution in [0.1, 0.15) is 135 Å². The molecule has 0 saturated heterocycles. The first-order valence-corrected chi connectivity index (χ1v) is 18.7. The number of sulfonamides is 2. The van der Waals surface area contributed by atoms with E-state index in [0.717, 1.165) is 38.5 Å². The van der Waals surface area contributed by atoms with Crippen LogP contribution in [-0.4, -0.2) is 56.2 Å². The van der Waals surface area contributed by atoms with Gasteiger partial charge in [-0.1, -0.05) is 51.9 Å². The van der Waals surface area contributed by atoms with Crippen LogP contribution in [0.2, 0.25) is 0 Å². The molecule has 0 unspecified atom stereocenters. The van der Waals surface area contributed by atoms with Crippen LogP contribution in [0.4, 0.5) is 0 Å². The molecule has 0 aliphatic rings. The first-order valence-electron chi connectivity index (χ1n) is 15.7. The molecular weight excluding hydrogens is 573 g/mol. The molecule has 42 heavy (non-hydrogen) atoms.